The van der Waals surface area contributed by atoms with E-state index in [4.69, 9.17) is 0 Å². The van der Waals surface area contributed by atoms with Crippen molar-refractivity contribution in [3.05, 3.63) is 59.9 Å². The molecule has 0 atom stereocenters. The molecule has 0 saturated heterocycles. The molecule has 0 aromatic heterocycles. The Hall–Kier alpha value is -2.74. The van der Waals surface area contributed by atoms with Crippen molar-refractivity contribution in [1.29, 1.82) is 0 Å². The Kier molecular flexibility index (Phi) is 6.64. The van der Waals surface area contributed by atoms with Gasteiger partial charge in [-0.3, -0.25) is 9.59 Å². The fraction of sp³-hybridized carbons (Fsp3) is 0.333. The van der Waals surface area contributed by atoms with Crippen LogP contribution in [0.2, 0.25) is 0 Å². The normalized spacial score (nSPS) is 14.5. The van der Waals surface area contributed by atoms with Gasteiger partial charge in [-0.2, -0.15) is 0 Å². The van der Waals surface area contributed by atoms with Crippen molar-refractivity contribution in [2.75, 3.05) is 11.9 Å². The Labute approximate surface area is 169 Å². The number of carbonyl (C=O) groups excluding carboxylic acids is 2. The summed E-state index contributed by atoms with van der Waals surface area (Å²) in [6.45, 7) is -0.270. The number of hydrogen-bond acceptors (Lipinski definition) is 4. The Bertz CT molecular complexity index is 1000. The molecule has 8 heteroatoms. The molecular weight excluding hydrogens is 395 g/mol. The standard InChI is InChI=1S/C21H23FN2O4S/c22-16-6-3-5-15(11-16)12-20(25)23-14-21(26)24-17-7-4-10-19(13-17)29(27,28)18-8-1-2-9-18/h3-7,10-11,13,18H,1-2,8-9,12,14H2,(H,23,25)(H,24,26). The van der Waals surface area contributed by atoms with Gasteiger partial charge < -0.3 is 10.6 Å². The van der Waals surface area contributed by atoms with E-state index in [-0.39, 0.29) is 23.1 Å². The quantitative estimate of drug-likeness (QED) is 0.723. The lowest BCUT2D eigenvalue weighted by molar-refractivity contribution is -0.123. The first kappa shape index (κ1) is 21.0. The van der Waals surface area contributed by atoms with Crippen LogP contribution in [0.15, 0.2) is 53.4 Å². The first-order chi connectivity index (χ1) is 13.8. The molecule has 6 nitrogen and oxygen atoms in total. The SMILES string of the molecule is O=C(Cc1cccc(F)c1)NCC(=O)Nc1cccc(S(=O)(=O)C2CCCC2)c1. The zero-order valence-electron chi connectivity index (χ0n) is 15.9. The summed E-state index contributed by atoms with van der Waals surface area (Å²) in [5.41, 5.74) is 0.862. The number of carbonyl (C=O) groups is 2. The molecule has 0 unspecified atom stereocenters. The minimum Gasteiger partial charge on any atom is -0.347 e. The monoisotopic (exact) mass is 418 g/mol. The van der Waals surface area contributed by atoms with E-state index in [1.165, 1.54) is 30.3 Å². The van der Waals surface area contributed by atoms with Crippen LogP contribution in [0.5, 0.6) is 0 Å². The maximum Gasteiger partial charge on any atom is 0.243 e. The van der Waals surface area contributed by atoms with Crippen LogP contribution < -0.4 is 10.6 Å². The van der Waals surface area contributed by atoms with Gasteiger partial charge in [0.05, 0.1) is 23.1 Å². The molecule has 1 saturated carbocycles. The lowest BCUT2D eigenvalue weighted by Gasteiger charge is -2.13. The molecule has 0 heterocycles. The predicted octanol–water partition coefficient (Wildman–Crippen LogP) is 2.84. The third-order valence-electron chi connectivity index (χ3n) is 4.89. The number of amides is 2. The summed E-state index contributed by atoms with van der Waals surface area (Å²) in [6.07, 6.45) is 3.11. The third kappa shape index (κ3) is 5.63. The summed E-state index contributed by atoms with van der Waals surface area (Å²) in [7, 11) is -3.41. The van der Waals surface area contributed by atoms with Crippen molar-refractivity contribution in [3.63, 3.8) is 0 Å². The van der Waals surface area contributed by atoms with Crippen molar-refractivity contribution in [3.8, 4) is 0 Å². The van der Waals surface area contributed by atoms with Crippen LogP contribution in [0.3, 0.4) is 0 Å². The average molecular weight is 418 g/mol. The van der Waals surface area contributed by atoms with E-state index in [2.05, 4.69) is 10.6 Å². The van der Waals surface area contributed by atoms with Gasteiger partial charge in [0.15, 0.2) is 9.84 Å². The maximum absolute atomic E-state index is 13.2. The van der Waals surface area contributed by atoms with E-state index >= 15 is 0 Å². The zero-order chi connectivity index (χ0) is 20.9. The van der Waals surface area contributed by atoms with Gasteiger partial charge in [0.25, 0.3) is 0 Å². The first-order valence-electron chi connectivity index (χ1n) is 9.49. The van der Waals surface area contributed by atoms with Crippen LogP contribution in [-0.2, 0) is 25.8 Å². The van der Waals surface area contributed by atoms with Crippen LogP contribution >= 0.6 is 0 Å². The van der Waals surface area contributed by atoms with Gasteiger partial charge in [-0.1, -0.05) is 31.0 Å². The van der Waals surface area contributed by atoms with Gasteiger partial charge in [0.2, 0.25) is 11.8 Å². The molecule has 1 fully saturated rings. The average Bonchev–Trinajstić information content (AvgIpc) is 3.22. The molecular formula is C21H23FN2O4S. The van der Waals surface area contributed by atoms with Crippen molar-refractivity contribution >= 4 is 27.3 Å². The molecule has 1 aliphatic carbocycles. The number of halogens is 1. The highest BCUT2D eigenvalue weighted by Crippen LogP contribution is 2.30. The van der Waals surface area contributed by atoms with Gasteiger partial charge in [-0.05, 0) is 48.7 Å². The molecule has 0 radical (unpaired) electrons. The molecule has 154 valence electrons. The van der Waals surface area contributed by atoms with Crippen molar-refractivity contribution in [2.45, 2.75) is 42.2 Å². The van der Waals surface area contributed by atoms with Gasteiger partial charge in [-0.15, -0.1) is 0 Å². The van der Waals surface area contributed by atoms with Crippen LogP contribution in [0, 0.1) is 5.82 Å². The van der Waals surface area contributed by atoms with Crippen molar-refractivity contribution in [2.24, 2.45) is 0 Å². The summed E-state index contributed by atoms with van der Waals surface area (Å²) in [4.78, 5) is 24.2. The van der Waals surface area contributed by atoms with E-state index in [1.807, 2.05) is 0 Å². The summed E-state index contributed by atoms with van der Waals surface area (Å²) in [5.74, 6) is -1.32. The van der Waals surface area contributed by atoms with E-state index in [0.29, 0.717) is 24.1 Å². The molecule has 2 amide bonds. The van der Waals surface area contributed by atoms with Crippen LogP contribution in [0.1, 0.15) is 31.2 Å². The number of hydrogen-bond donors (Lipinski definition) is 2. The second-order valence-electron chi connectivity index (χ2n) is 7.11. The predicted molar refractivity (Wildman–Crippen MR) is 108 cm³/mol. The van der Waals surface area contributed by atoms with E-state index in [0.717, 1.165) is 12.8 Å². The van der Waals surface area contributed by atoms with E-state index in [1.54, 1.807) is 18.2 Å². The van der Waals surface area contributed by atoms with Crippen LogP contribution in [0.4, 0.5) is 10.1 Å². The van der Waals surface area contributed by atoms with Crippen LogP contribution in [-0.4, -0.2) is 32.0 Å². The summed E-state index contributed by atoms with van der Waals surface area (Å²) in [5, 5.41) is 4.70. The fourth-order valence-electron chi connectivity index (χ4n) is 3.42. The molecule has 1 aliphatic rings. The minimum atomic E-state index is -3.41. The summed E-state index contributed by atoms with van der Waals surface area (Å²) >= 11 is 0. The molecule has 3 rings (SSSR count). The number of sulfone groups is 1. The number of anilines is 1. The Balaban J connectivity index is 1.55. The Morgan fingerprint density at radius 2 is 1.72 bits per heavy atom. The summed E-state index contributed by atoms with van der Waals surface area (Å²) < 4.78 is 38.5. The van der Waals surface area contributed by atoms with E-state index in [9.17, 15) is 22.4 Å². The highest BCUT2D eigenvalue weighted by molar-refractivity contribution is 7.92. The smallest absolute Gasteiger partial charge is 0.243 e. The molecule has 0 spiro atoms. The van der Waals surface area contributed by atoms with Crippen molar-refractivity contribution in [1.82, 2.24) is 5.32 Å². The van der Waals surface area contributed by atoms with E-state index < -0.39 is 27.5 Å². The number of rotatable bonds is 7. The Morgan fingerprint density at radius 3 is 2.45 bits per heavy atom. The third-order valence-corrected chi connectivity index (χ3v) is 7.15. The van der Waals surface area contributed by atoms with Crippen LogP contribution in [0.25, 0.3) is 0 Å². The van der Waals surface area contributed by atoms with Gasteiger partial charge in [0, 0.05) is 5.69 Å². The maximum atomic E-state index is 13.2. The lowest BCUT2D eigenvalue weighted by Crippen LogP contribution is -2.33. The molecule has 0 bridgehead atoms. The zero-order valence-corrected chi connectivity index (χ0v) is 16.7. The van der Waals surface area contributed by atoms with Gasteiger partial charge >= 0.3 is 0 Å². The number of benzene rings is 2. The minimum absolute atomic E-state index is 0.0415. The number of nitrogens with one attached hydrogen (secondary N) is 2. The molecule has 2 N–H and O–H groups in total. The highest BCUT2D eigenvalue weighted by Gasteiger charge is 2.30. The molecule has 0 aliphatic heterocycles. The highest BCUT2D eigenvalue weighted by atomic mass is 32.2. The second-order valence-corrected chi connectivity index (χ2v) is 9.34. The lowest BCUT2D eigenvalue weighted by atomic mass is 10.1. The fourth-order valence-corrected chi connectivity index (χ4v) is 5.32. The first-order valence-corrected chi connectivity index (χ1v) is 11.0. The second kappa shape index (κ2) is 9.17. The molecule has 29 heavy (non-hydrogen) atoms. The summed E-state index contributed by atoms with van der Waals surface area (Å²) in [6, 6.07) is 11.8. The molecule has 2 aromatic rings. The largest absolute Gasteiger partial charge is 0.347 e. The Morgan fingerprint density at radius 1 is 1.00 bits per heavy atom. The topological polar surface area (TPSA) is 92.3 Å². The van der Waals surface area contributed by atoms with Gasteiger partial charge in [0.1, 0.15) is 5.82 Å². The molecule has 2 aromatic carbocycles. The van der Waals surface area contributed by atoms with Crippen molar-refractivity contribution < 1.29 is 22.4 Å². The van der Waals surface area contributed by atoms with Gasteiger partial charge in [-0.25, -0.2) is 12.8 Å².